The van der Waals surface area contributed by atoms with E-state index in [4.69, 9.17) is 9.47 Å². The molecular weight excluding hydrogens is 362 g/mol. The number of aryl methyl sites for hydroxylation is 2. The minimum atomic E-state index is -0.839. The lowest BCUT2D eigenvalue weighted by molar-refractivity contribution is -0.141. The van der Waals surface area contributed by atoms with Crippen LogP contribution in [0.3, 0.4) is 0 Å². The van der Waals surface area contributed by atoms with E-state index in [1.54, 1.807) is 0 Å². The number of ether oxygens (including phenoxy) is 2. The predicted octanol–water partition coefficient (Wildman–Crippen LogP) is 6.05. The third-order valence-corrected chi connectivity index (χ3v) is 4.85. The summed E-state index contributed by atoms with van der Waals surface area (Å²) >= 11 is 0. The van der Waals surface area contributed by atoms with E-state index in [1.807, 2.05) is 63.2 Å². The zero-order valence-corrected chi connectivity index (χ0v) is 18.7. The average molecular weight is 398 g/mol. The van der Waals surface area contributed by atoms with Gasteiger partial charge in [0.1, 0.15) is 18.0 Å². The summed E-state index contributed by atoms with van der Waals surface area (Å²) in [5.74, 6) is 1.12. The topological polar surface area (TPSA) is 47.6 Å². The van der Waals surface area contributed by atoms with Gasteiger partial charge in [-0.15, -0.1) is 0 Å². The number of anilines is 1. The fourth-order valence-corrected chi connectivity index (χ4v) is 3.57. The largest absolute Gasteiger partial charge is 0.488 e. The van der Waals surface area contributed by atoms with E-state index in [-0.39, 0.29) is 5.91 Å². The molecule has 4 heteroatoms. The normalized spacial score (nSPS) is 13.2. The predicted molar refractivity (Wildman–Crippen MR) is 119 cm³/mol. The summed E-state index contributed by atoms with van der Waals surface area (Å²) in [7, 11) is 0. The quantitative estimate of drug-likeness (QED) is 0.531. The van der Waals surface area contributed by atoms with Crippen LogP contribution < -0.4 is 10.1 Å². The average Bonchev–Trinajstić information content (AvgIpc) is 2.66. The van der Waals surface area contributed by atoms with Gasteiger partial charge in [-0.05, 0) is 68.4 Å². The van der Waals surface area contributed by atoms with Crippen molar-refractivity contribution in [2.75, 3.05) is 11.9 Å². The molecule has 0 aromatic heterocycles. The van der Waals surface area contributed by atoms with Crippen LogP contribution >= 0.6 is 0 Å². The number of carbonyl (C=O) groups is 1. The molecule has 0 aliphatic heterocycles. The molecule has 0 bridgehead atoms. The highest BCUT2D eigenvalue weighted by atomic mass is 16.5. The van der Waals surface area contributed by atoms with Gasteiger partial charge in [-0.3, -0.25) is 4.79 Å². The second-order valence-corrected chi connectivity index (χ2v) is 8.34. The van der Waals surface area contributed by atoms with Crippen LogP contribution in [0.2, 0.25) is 0 Å². The maximum Gasteiger partial charge on any atom is 0.256 e. The highest BCUT2D eigenvalue weighted by molar-refractivity contribution is 5.97. The van der Waals surface area contributed by atoms with Gasteiger partial charge in [0.15, 0.2) is 0 Å². The summed E-state index contributed by atoms with van der Waals surface area (Å²) in [5, 5.41) is 3.06. The van der Waals surface area contributed by atoms with E-state index in [0.29, 0.717) is 25.6 Å². The fraction of sp³-hybridized carbons (Fsp3) is 0.480. The molecule has 0 saturated carbocycles. The Morgan fingerprint density at radius 2 is 1.72 bits per heavy atom. The number of amides is 1. The Morgan fingerprint density at radius 3 is 2.28 bits per heavy atom. The number of hydrogen-bond donors (Lipinski definition) is 1. The smallest absolute Gasteiger partial charge is 0.256 e. The zero-order valence-electron chi connectivity index (χ0n) is 18.7. The minimum absolute atomic E-state index is 0.101. The van der Waals surface area contributed by atoms with Gasteiger partial charge in [-0.25, -0.2) is 0 Å². The van der Waals surface area contributed by atoms with Crippen LogP contribution in [-0.4, -0.2) is 18.1 Å². The van der Waals surface area contributed by atoms with Gasteiger partial charge in [0.05, 0.1) is 0 Å². The molecule has 2 rings (SSSR count). The SMILES string of the molecule is CCCO[C@](C)(CC(C)C)C(=O)Nc1cc(C)c(OCc2ccccc2)c(C)c1. The third kappa shape index (κ3) is 6.60. The lowest BCUT2D eigenvalue weighted by Gasteiger charge is -2.30. The number of carbonyl (C=O) groups excluding carboxylic acids is 1. The van der Waals surface area contributed by atoms with E-state index in [2.05, 4.69) is 26.1 Å². The monoisotopic (exact) mass is 397 g/mol. The Kier molecular flexibility index (Phi) is 8.27. The number of rotatable bonds is 10. The highest BCUT2D eigenvalue weighted by Gasteiger charge is 2.35. The first kappa shape index (κ1) is 23.0. The molecule has 158 valence electrons. The van der Waals surface area contributed by atoms with Crippen LogP contribution in [0.1, 0.15) is 57.2 Å². The lowest BCUT2D eigenvalue weighted by Crippen LogP contribution is -2.44. The standard InChI is InChI=1S/C25H35NO3/c1-7-13-29-25(6,16-18(2)3)24(27)26-22-14-19(4)23(20(5)15-22)28-17-21-11-9-8-10-12-21/h8-12,14-15,18H,7,13,16-17H2,1-6H3,(H,26,27)/t25-/m1/s1. The molecule has 1 atom stereocenters. The van der Waals surface area contributed by atoms with Crippen molar-refractivity contribution >= 4 is 11.6 Å². The molecule has 2 aromatic carbocycles. The van der Waals surface area contributed by atoms with Crippen molar-refractivity contribution in [3.63, 3.8) is 0 Å². The van der Waals surface area contributed by atoms with Crippen molar-refractivity contribution < 1.29 is 14.3 Å². The summed E-state index contributed by atoms with van der Waals surface area (Å²) in [5.41, 5.74) is 3.05. The van der Waals surface area contributed by atoms with Crippen molar-refractivity contribution in [1.82, 2.24) is 0 Å². The highest BCUT2D eigenvalue weighted by Crippen LogP contribution is 2.30. The number of nitrogens with one attached hydrogen (secondary N) is 1. The summed E-state index contributed by atoms with van der Waals surface area (Å²) in [4.78, 5) is 13.0. The van der Waals surface area contributed by atoms with E-state index >= 15 is 0 Å². The Bertz CT molecular complexity index is 778. The van der Waals surface area contributed by atoms with Gasteiger partial charge < -0.3 is 14.8 Å². The summed E-state index contributed by atoms with van der Waals surface area (Å²) < 4.78 is 12.0. The third-order valence-electron chi connectivity index (χ3n) is 4.85. The minimum Gasteiger partial charge on any atom is -0.488 e. The maximum absolute atomic E-state index is 13.0. The first-order valence-corrected chi connectivity index (χ1v) is 10.5. The van der Waals surface area contributed by atoms with Crippen molar-refractivity contribution in [3.8, 4) is 5.75 Å². The zero-order chi connectivity index (χ0) is 21.4. The van der Waals surface area contributed by atoms with Crippen LogP contribution in [0.4, 0.5) is 5.69 Å². The second-order valence-electron chi connectivity index (χ2n) is 8.34. The molecule has 0 fully saturated rings. The molecule has 1 N–H and O–H groups in total. The maximum atomic E-state index is 13.0. The number of benzene rings is 2. The van der Waals surface area contributed by atoms with Crippen LogP contribution in [0, 0.1) is 19.8 Å². The van der Waals surface area contributed by atoms with Gasteiger partial charge in [0, 0.05) is 12.3 Å². The van der Waals surface area contributed by atoms with Gasteiger partial charge in [0.2, 0.25) is 0 Å². The molecule has 0 spiro atoms. The van der Waals surface area contributed by atoms with Crippen molar-refractivity contribution in [1.29, 1.82) is 0 Å². The molecular formula is C25H35NO3. The summed E-state index contributed by atoms with van der Waals surface area (Å²) in [6, 6.07) is 14.0. The molecule has 4 nitrogen and oxygen atoms in total. The van der Waals surface area contributed by atoms with E-state index < -0.39 is 5.60 Å². The van der Waals surface area contributed by atoms with E-state index in [1.165, 1.54) is 0 Å². The molecule has 0 radical (unpaired) electrons. The Hall–Kier alpha value is -2.33. The summed E-state index contributed by atoms with van der Waals surface area (Å²) in [6.45, 7) is 13.2. The van der Waals surface area contributed by atoms with Crippen LogP contribution in [0.15, 0.2) is 42.5 Å². The first-order chi connectivity index (χ1) is 13.7. The number of hydrogen-bond acceptors (Lipinski definition) is 3. The molecule has 29 heavy (non-hydrogen) atoms. The molecule has 1 amide bonds. The van der Waals surface area contributed by atoms with Gasteiger partial charge >= 0.3 is 0 Å². The summed E-state index contributed by atoms with van der Waals surface area (Å²) in [6.07, 6.45) is 1.56. The molecule has 0 aliphatic rings. The Labute approximate surface area is 175 Å². The van der Waals surface area contributed by atoms with E-state index in [0.717, 1.165) is 34.5 Å². The van der Waals surface area contributed by atoms with Crippen LogP contribution in [0.5, 0.6) is 5.75 Å². The van der Waals surface area contributed by atoms with Gasteiger partial charge in [-0.2, -0.15) is 0 Å². The van der Waals surface area contributed by atoms with Gasteiger partial charge in [0.25, 0.3) is 5.91 Å². The molecule has 0 saturated heterocycles. The van der Waals surface area contributed by atoms with Crippen molar-refractivity contribution in [3.05, 3.63) is 59.2 Å². The van der Waals surface area contributed by atoms with Gasteiger partial charge in [-0.1, -0.05) is 51.1 Å². The fourth-order valence-electron chi connectivity index (χ4n) is 3.57. The van der Waals surface area contributed by atoms with E-state index in [9.17, 15) is 4.79 Å². The van der Waals surface area contributed by atoms with Crippen molar-refractivity contribution in [2.45, 2.75) is 66.6 Å². The molecule has 0 aliphatic carbocycles. The lowest BCUT2D eigenvalue weighted by atomic mass is 9.92. The Balaban J connectivity index is 2.13. The Morgan fingerprint density at radius 1 is 1.10 bits per heavy atom. The van der Waals surface area contributed by atoms with Crippen molar-refractivity contribution in [2.24, 2.45) is 5.92 Å². The molecule has 2 aromatic rings. The second kappa shape index (κ2) is 10.4. The van der Waals surface area contributed by atoms with Crippen LogP contribution in [0.25, 0.3) is 0 Å². The molecule has 0 heterocycles. The van der Waals surface area contributed by atoms with Crippen LogP contribution in [-0.2, 0) is 16.1 Å². The first-order valence-electron chi connectivity index (χ1n) is 10.5. The molecule has 0 unspecified atom stereocenters.